The Bertz CT molecular complexity index is 607. The number of carbonyl (C=O) groups excluding carboxylic acids is 2. The number of amides is 3. The third-order valence-electron chi connectivity index (χ3n) is 4.36. The van der Waals surface area contributed by atoms with Gasteiger partial charge < -0.3 is 5.32 Å². The second kappa shape index (κ2) is 5.21. The Balaban J connectivity index is 1.87. The predicted octanol–water partition coefficient (Wildman–Crippen LogP) is 2.71. The number of hydrogen-bond donors (Lipinski definition) is 1. The topological polar surface area (TPSA) is 73.2 Å². The van der Waals surface area contributed by atoms with Gasteiger partial charge in [-0.15, -0.1) is 0 Å². The van der Waals surface area contributed by atoms with E-state index in [0.717, 1.165) is 30.6 Å². The molecule has 1 saturated carbocycles. The van der Waals surface area contributed by atoms with E-state index in [9.17, 15) is 9.59 Å². The quantitative estimate of drug-likeness (QED) is 0.861. The number of carbonyl (C=O) groups is 2. The van der Waals surface area contributed by atoms with E-state index in [1.165, 1.54) is 6.42 Å². The maximum atomic E-state index is 12.5. The van der Waals surface area contributed by atoms with E-state index in [0.29, 0.717) is 17.7 Å². The molecular formula is C16H17N3O2. The van der Waals surface area contributed by atoms with Gasteiger partial charge in [-0.25, -0.2) is 9.69 Å². The molecule has 1 aliphatic heterocycles. The minimum absolute atomic E-state index is 0.185. The average Bonchev–Trinajstić information content (AvgIpc) is 2.47. The van der Waals surface area contributed by atoms with E-state index in [1.807, 2.05) is 6.07 Å². The van der Waals surface area contributed by atoms with Crippen LogP contribution in [0.15, 0.2) is 24.3 Å². The molecule has 1 aromatic rings. The van der Waals surface area contributed by atoms with Crippen molar-refractivity contribution in [3.8, 4) is 6.07 Å². The molecule has 0 bridgehead atoms. The van der Waals surface area contributed by atoms with Gasteiger partial charge in [0.2, 0.25) is 5.91 Å². The summed E-state index contributed by atoms with van der Waals surface area (Å²) in [4.78, 5) is 26.0. The Morgan fingerprint density at radius 1 is 1.19 bits per heavy atom. The van der Waals surface area contributed by atoms with Gasteiger partial charge in [-0.1, -0.05) is 25.3 Å². The first-order valence-corrected chi connectivity index (χ1v) is 7.29. The van der Waals surface area contributed by atoms with Gasteiger partial charge in [0.05, 0.1) is 29.3 Å². The molecule has 1 aliphatic carbocycles. The van der Waals surface area contributed by atoms with Crippen molar-refractivity contribution in [3.63, 3.8) is 0 Å². The minimum Gasteiger partial charge on any atom is -0.331 e. The van der Waals surface area contributed by atoms with Gasteiger partial charge in [0.1, 0.15) is 0 Å². The normalized spacial score (nSPS) is 21.0. The summed E-state index contributed by atoms with van der Waals surface area (Å²) in [5.41, 5.74) is 0.545. The van der Waals surface area contributed by atoms with Crippen LogP contribution in [-0.4, -0.2) is 17.5 Å². The van der Waals surface area contributed by atoms with Crippen molar-refractivity contribution in [2.75, 3.05) is 4.90 Å². The molecule has 1 saturated heterocycles. The second-order valence-corrected chi connectivity index (χ2v) is 5.84. The lowest BCUT2D eigenvalue weighted by Gasteiger charge is -2.43. The fourth-order valence-electron chi connectivity index (χ4n) is 3.31. The summed E-state index contributed by atoms with van der Waals surface area (Å²) in [6.45, 7) is 0. The summed E-state index contributed by atoms with van der Waals surface area (Å²) in [6.07, 6.45) is 5.36. The standard InChI is InChI=1S/C16H17N3O2/c17-11-12-5-4-6-13(9-12)19-14(20)10-16(18-15(19)21)7-2-1-3-8-16/h4-6,9H,1-3,7-8,10H2,(H,18,21). The van der Waals surface area contributed by atoms with E-state index in [1.54, 1.807) is 24.3 Å². The first-order valence-electron chi connectivity index (χ1n) is 7.29. The van der Waals surface area contributed by atoms with Crippen molar-refractivity contribution >= 4 is 17.6 Å². The zero-order chi connectivity index (χ0) is 14.9. The lowest BCUT2D eigenvalue weighted by atomic mass is 9.78. The van der Waals surface area contributed by atoms with Crippen LogP contribution in [0, 0.1) is 11.3 Å². The fraction of sp³-hybridized carbons (Fsp3) is 0.438. The van der Waals surface area contributed by atoms with Crippen molar-refractivity contribution in [1.82, 2.24) is 5.32 Å². The molecule has 3 rings (SSSR count). The summed E-state index contributed by atoms with van der Waals surface area (Å²) in [6, 6.07) is 8.23. The highest BCUT2D eigenvalue weighted by atomic mass is 16.2. The second-order valence-electron chi connectivity index (χ2n) is 5.84. The molecule has 1 heterocycles. The third-order valence-corrected chi connectivity index (χ3v) is 4.36. The van der Waals surface area contributed by atoms with E-state index in [-0.39, 0.29) is 17.5 Å². The van der Waals surface area contributed by atoms with Crippen molar-refractivity contribution in [2.45, 2.75) is 44.1 Å². The lowest BCUT2D eigenvalue weighted by molar-refractivity contribution is -0.120. The number of anilines is 1. The van der Waals surface area contributed by atoms with Crippen LogP contribution in [0.2, 0.25) is 0 Å². The number of urea groups is 1. The fourth-order valence-corrected chi connectivity index (χ4v) is 3.31. The highest BCUT2D eigenvalue weighted by Crippen LogP contribution is 2.35. The molecular weight excluding hydrogens is 266 g/mol. The molecule has 108 valence electrons. The zero-order valence-electron chi connectivity index (χ0n) is 11.8. The monoisotopic (exact) mass is 283 g/mol. The molecule has 0 radical (unpaired) electrons. The van der Waals surface area contributed by atoms with E-state index in [2.05, 4.69) is 5.32 Å². The SMILES string of the molecule is N#Cc1cccc(N2C(=O)CC3(CCCCC3)NC2=O)c1. The van der Waals surface area contributed by atoms with Crippen LogP contribution in [0.4, 0.5) is 10.5 Å². The van der Waals surface area contributed by atoms with Crippen molar-refractivity contribution in [3.05, 3.63) is 29.8 Å². The van der Waals surface area contributed by atoms with Crippen LogP contribution in [0.5, 0.6) is 0 Å². The Kier molecular flexibility index (Phi) is 3.38. The first-order chi connectivity index (χ1) is 10.1. The number of nitrogens with one attached hydrogen (secondary N) is 1. The summed E-state index contributed by atoms with van der Waals surface area (Å²) >= 11 is 0. The summed E-state index contributed by atoms with van der Waals surface area (Å²) in [5, 5.41) is 12.0. The van der Waals surface area contributed by atoms with E-state index >= 15 is 0 Å². The summed E-state index contributed by atoms with van der Waals surface area (Å²) < 4.78 is 0. The molecule has 0 aromatic heterocycles. The molecule has 1 N–H and O–H groups in total. The number of benzene rings is 1. The zero-order valence-corrected chi connectivity index (χ0v) is 11.8. The maximum Gasteiger partial charge on any atom is 0.329 e. The van der Waals surface area contributed by atoms with Crippen LogP contribution in [0.3, 0.4) is 0 Å². The highest BCUT2D eigenvalue weighted by molar-refractivity contribution is 6.16. The predicted molar refractivity (Wildman–Crippen MR) is 77.6 cm³/mol. The van der Waals surface area contributed by atoms with E-state index < -0.39 is 0 Å². The molecule has 1 aromatic carbocycles. The third kappa shape index (κ3) is 2.49. The number of rotatable bonds is 1. The lowest BCUT2D eigenvalue weighted by Crippen LogP contribution is -2.62. The van der Waals surface area contributed by atoms with Gasteiger partial charge in [-0.05, 0) is 31.0 Å². The molecule has 21 heavy (non-hydrogen) atoms. The van der Waals surface area contributed by atoms with Crippen molar-refractivity contribution < 1.29 is 9.59 Å². The number of nitriles is 1. The molecule has 5 nitrogen and oxygen atoms in total. The van der Waals surface area contributed by atoms with Crippen molar-refractivity contribution in [1.29, 1.82) is 5.26 Å². The van der Waals surface area contributed by atoms with Crippen LogP contribution >= 0.6 is 0 Å². The molecule has 3 amide bonds. The van der Waals surface area contributed by atoms with Gasteiger partial charge in [0, 0.05) is 0 Å². The van der Waals surface area contributed by atoms with Gasteiger partial charge in [0.15, 0.2) is 0 Å². The van der Waals surface area contributed by atoms with Gasteiger partial charge in [-0.3, -0.25) is 4.79 Å². The average molecular weight is 283 g/mol. The molecule has 0 atom stereocenters. The first kappa shape index (κ1) is 13.6. The Hall–Kier alpha value is -2.35. The molecule has 5 heteroatoms. The minimum atomic E-state index is -0.372. The molecule has 0 unspecified atom stereocenters. The Morgan fingerprint density at radius 3 is 2.62 bits per heavy atom. The van der Waals surface area contributed by atoms with E-state index in [4.69, 9.17) is 5.26 Å². The molecule has 1 spiro atoms. The van der Waals surface area contributed by atoms with Crippen LogP contribution in [0.25, 0.3) is 0 Å². The van der Waals surface area contributed by atoms with Crippen LogP contribution < -0.4 is 10.2 Å². The van der Waals surface area contributed by atoms with Crippen molar-refractivity contribution in [2.24, 2.45) is 0 Å². The smallest absolute Gasteiger partial charge is 0.329 e. The number of nitrogens with zero attached hydrogens (tertiary/aromatic N) is 2. The highest BCUT2D eigenvalue weighted by Gasteiger charge is 2.43. The number of imide groups is 1. The van der Waals surface area contributed by atoms with Crippen LogP contribution in [0.1, 0.15) is 44.1 Å². The van der Waals surface area contributed by atoms with Gasteiger partial charge in [0.25, 0.3) is 0 Å². The summed E-state index contributed by atoms with van der Waals surface area (Å²) in [5.74, 6) is -0.185. The van der Waals surface area contributed by atoms with Crippen LogP contribution in [-0.2, 0) is 4.79 Å². The van der Waals surface area contributed by atoms with Gasteiger partial charge >= 0.3 is 6.03 Å². The van der Waals surface area contributed by atoms with Gasteiger partial charge in [-0.2, -0.15) is 5.26 Å². The Morgan fingerprint density at radius 2 is 1.95 bits per heavy atom. The maximum absolute atomic E-state index is 12.5. The number of hydrogen-bond acceptors (Lipinski definition) is 3. The molecule has 2 fully saturated rings. The molecule has 2 aliphatic rings. The largest absolute Gasteiger partial charge is 0.331 e. The Labute approximate surface area is 123 Å². The summed E-state index contributed by atoms with van der Waals surface area (Å²) in [7, 11) is 0.